The van der Waals surface area contributed by atoms with Crippen LogP contribution in [0.3, 0.4) is 0 Å². The standard InChI is InChI=1S/C40H49NO5SSi/c1-40(2,3)48(4,5)46-41-39-38(45-29-34-24-16-9-17-25-34)37(44-28-33-22-14-8-15-23-33)36(43-27-32-20-12-7-13-21-32)35(47-39)30-42-26-31-18-10-6-11-19-31/h6-25,35-38H,26-30H2,1-5H3/b41-39+/t35-,36+,37-,38+/m0/s1. The number of thioether (sulfide) groups is 1. The molecule has 6 nitrogen and oxygen atoms in total. The molecule has 4 atom stereocenters. The minimum Gasteiger partial charge on any atom is -0.454 e. The number of benzene rings is 4. The molecule has 1 aliphatic rings. The van der Waals surface area contributed by atoms with Crippen molar-refractivity contribution in [3.63, 3.8) is 0 Å². The van der Waals surface area contributed by atoms with Crippen LogP contribution in [0.5, 0.6) is 0 Å². The second-order valence-corrected chi connectivity index (χ2v) is 19.6. The first kappa shape index (κ1) is 36.0. The van der Waals surface area contributed by atoms with Crippen LogP contribution in [0.1, 0.15) is 43.0 Å². The van der Waals surface area contributed by atoms with Gasteiger partial charge >= 0.3 is 0 Å². The molecule has 0 aromatic heterocycles. The maximum absolute atomic E-state index is 6.85. The van der Waals surface area contributed by atoms with Crippen molar-refractivity contribution in [2.45, 2.75) is 88.9 Å². The Labute approximate surface area is 291 Å². The number of hydrogen-bond acceptors (Lipinski definition) is 7. The van der Waals surface area contributed by atoms with Gasteiger partial charge in [0.05, 0.1) is 38.3 Å². The maximum Gasteiger partial charge on any atom is 0.286 e. The predicted octanol–water partition coefficient (Wildman–Crippen LogP) is 9.41. The zero-order chi connectivity index (χ0) is 33.8. The van der Waals surface area contributed by atoms with E-state index in [4.69, 9.17) is 28.6 Å². The van der Waals surface area contributed by atoms with Crippen LogP contribution in [-0.4, -0.2) is 43.5 Å². The van der Waals surface area contributed by atoms with Gasteiger partial charge in [0.2, 0.25) is 0 Å². The van der Waals surface area contributed by atoms with Crippen LogP contribution in [0.4, 0.5) is 0 Å². The van der Waals surface area contributed by atoms with Crippen molar-refractivity contribution in [3.05, 3.63) is 144 Å². The topological polar surface area (TPSA) is 58.5 Å². The Bertz CT molecular complexity index is 1530. The Morgan fingerprint density at radius 1 is 0.583 bits per heavy atom. The van der Waals surface area contributed by atoms with Crippen molar-refractivity contribution in [3.8, 4) is 0 Å². The molecular formula is C40H49NO5SSi. The average molecular weight is 684 g/mol. The van der Waals surface area contributed by atoms with E-state index >= 15 is 0 Å². The number of rotatable bonds is 15. The van der Waals surface area contributed by atoms with Gasteiger partial charge in [-0.15, -0.1) is 0 Å². The van der Waals surface area contributed by atoms with Gasteiger partial charge in [0.25, 0.3) is 8.32 Å². The first-order valence-electron chi connectivity index (χ1n) is 16.7. The third kappa shape index (κ3) is 10.4. The molecule has 0 bridgehead atoms. The lowest BCUT2D eigenvalue weighted by Crippen LogP contribution is -2.56. The molecular weight excluding hydrogens is 635 g/mol. The average Bonchev–Trinajstić information content (AvgIpc) is 3.10. The fourth-order valence-corrected chi connectivity index (χ4v) is 6.95. The highest BCUT2D eigenvalue weighted by Crippen LogP contribution is 2.39. The van der Waals surface area contributed by atoms with E-state index in [1.165, 1.54) is 0 Å². The van der Waals surface area contributed by atoms with Crippen LogP contribution in [0, 0.1) is 0 Å². The van der Waals surface area contributed by atoms with Gasteiger partial charge in [-0.2, -0.15) is 0 Å². The molecule has 0 aliphatic carbocycles. The van der Waals surface area contributed by atoms with Crippen molar-refractivity contribution >= 4 is 25.1 Å². The van der Waals surface area contributed by atoms with Crippen molar-refractivity contribution < 1.29 is 23.5 Å². The van der Waals surface area contributed by atoms with Crippen LogP contribution in [0.15, 0.2) is 126 Å². The fraction of sp³-hybridized carbons (Fsp3) is 0.375. The van der Waals surface area contributed by atoms with Gasteiger partial charge in [-0.25, -0.2) is 0 Å². The monoisotopic (exact) mass is 683 g/mol. The molecule has 1 aliphatic heterocycles. The third-order valence-corrected chi connectivity index (χ3v) is 14.3. The van der Waals surface area contributed by atoms with Gasteiger partial charge in [-0.1, -0.05) is 159 Å². The molecule has 4 aromatic carbocycles. The van der Waals surface area contributed by atoms with Crippen LogP contribution < -0.4 is 0 Å². The second-order valence-electron chi connectivity index (χ2n) is 13.7. The SMILES string of the molecule is CC(C)(C)[Si](C)(C)O/N=C1/S[C@@H](COCc2ccccc2)[C@@H](OCc2ccccc2)[C@H](OCc2ccccc2)[C@H]1OCc1ccccc1. The molecule has 4 aromatic rings. The van der Waals surface area contributed by atoms with Crippen molar-refractivity contribution in [2.75, 3.05) is 6.61 Å². The summed E-state index contributed by atoms with van der Waals surface area (Å²) >= 11 is 1.62. The second kappa shape index (κ2) is 17.4. The van der Waals surface area contributed by atoms with E-state index in [1.54, 1.807) is 11.8 Å². The van der Waals surface area contributed by atoms with Crippen molar-refractivity contribution in [1.29, 1.82) is 0 Å². The van der Waals surface area contributed by atoms with Crippen LogP contribution in [0.2, 0.25) is 18.1 Å². The zero-order valence-electron chi connectivity index (χ0n) is 28.8. The molecule has 0 saturated carbocycles. The lowest BCUT2D eigenvalue weighted by molar-refractivity contribution is -0.139. The van der Waals surface area contributed by atoms with E-state index in [1.807, 2.05) is 72.8 Å². The van der Waals surface area contributed by atoms with Gasteiger partial charge < -0.3 is 23.5 Å². The van der Waals surface area contributed by atoms with E-state index in [9.17, 15) is 0 Å². The Balaban J connectivity index is 1.49. The lowest BCUT2D eigenvalue weighted by atomic mass is 10.0. The number of ether oxygens (including phenoxy) is 4. The van der Waals surface area contributed by atoms with Crippen molar-refractivity contribution in [1.82, 2.24) is 0 Å². The summed E-state index contributed by atoms with van der Waals surface area (Å²) in [6.45, 7) is 13.2. The molecule has 0 amide bonds. The molecule has 1 heterocycles. The molecule has 8 heteroatoms. The highest BCUT2D eigenvalue weighted by atomic mass is 32.2. The fourth-order valence-electron chi connectivity index (χ4n) is 5.02. The number of oxime groups is 1. The summed E-state index contributed by atoms with van der Waals surface area (Å²) in [5.41, 5.74) is 4.36. The summed E-state index contributed by atoms with van der Waals surface area (Å²) in [4.78, 5) is 0. The normalized spacial score (nSPS) is 20.9. The Morgan fingerprint density at radius 2 is 1.00 bits per heavy atom. The lowest BCUT2D eigenvalue weighted by Gasteiger charge is -2.42. The first-order chi connectivity index (χ1) is 23.2. The molecule has 0 spiro atoms. The molecule has 254 valence electrons. The summed E-state index contributed by atoms with van der Waals surface area (Å²) in [5, 5.41) is 5.52. The first-order valence-corrected chi connectivity index (χ1v) is 20.5. The van der Waals surface area contributed by atoms with Gasteiger partial charge in [-0.3, -0.25) is 0 Å². The maximum atomic E-state index is 6.85. The third-order valence-electron chi connectivity index (χ3n) is 8.91. The van der Waals surface area contributed by atoms with Crippen LogP contribution in [-0.2, 0) is 49.9 Å². The molecule has 1 saturated heterocycles. The zero-order valence-corrected chi connectivity index (χ0v) is 30.6. The number of hydrogen-bond donors (Lipinski definition) is 0. The van der Waals surface area contributed by atoms with Gasteiger partial charge in [0.15, 0.2) is 0 Å². The predicted molar refractivity (Wildman–Crippen MR) is 198 cm³/mol. The van der Waals surface area contributed by atoms with Gasteiger partial charge in [0.1, 0.15) is 23.4 Å². The molecule has 5 rings (SSSR count). The largest absolute Gasteiger partial charge is 0.454 e. The summed E-state index contributed by atoms with van der Waals surface area (Å²) in [7, 11) is -2.23. The van der Waals surface area contributed by atoms with Crippen molar-refractivity contribution in [2.24, 2.45) is 5.16 Å². The summed E-state index contributed by atoms with van der Waals surface area (Å²) < 4.78 is 33.3. The van der Waals surface area contributed by atoms with E-state index in [0.29, 0.717) is 33.0 Å². The van der Waals surface area contributed by atoms with Crippen LogP contribution >= 0.6 is 11.8 Å². The minimum atomic E-state index is -2.23. The summed E-state index contributed by atoms with van der Waals surface area (Å²) in [6.07, 6.45) is -1.36. The summed E-state index contributed by atoms with van der Waals surface area (Å²) in [5.74, 6) is 0. The minimum absolute atomic E-state index is 0.0144. The Hall–Kier alpha value is -3.24. The molecule has 0 unspecified atom stereocenters. The van der Waals surface area contributed by atoms with E-state index < -0.39 is 20.5 Å². The summed E-state index contributed by atoms with van der Waals surface area (Å²) in [6, 6.07) is 40.9. The van der Waals surface area contributed by atoms with Gasteiger partial charge in [0, 0.05) is 0 Å². The van der Waals surface area contributed by atoms with E-state index in [-0.39, 0.29) is 16.4 Å². The Kier molecular flexibility index (Phi) is 13.1. The van der Waals surface area contributed by atoms with Gasteiger partial charge in [-0.05, 0) is 40.4 Å². The quantitative estimate of drug-likeness (QED) is 0.0920. The molecule has 0 radical (unpaired) electrons. The Morgan fingerprint density at radius 3 is 1.46 bits per heavy atom. The highest BCUT2D eigenvalue weighted by Gasteiger charge is 2.48. The molecule has 48 heavy (non-hydrogen) atoms. The number of nitrogens with zero attached hydrogens (tertiary/aromatic N) is 1. The molecule has 1 fully saturated rings. The molecule has 0 N–H and O–H groups in total. The van der Waals surface area contributed by atoms with Crippen LogP contribution in [0.25, 0.3) is 0 Å². The smallest absolute Gasteiger partial charge is 0.286 e. The van der Waals surface area contributed by atoms with E-state index in [0.717, 1.165) is 27.3 Å². The van der Waals surface area contributed by atoms with E-state index in [2.05, 4.69) is 82.4 Å². The highest BCUT2D eigenvalue weighted by molar-refractivity contribution is 8.14.